The zero-order chi connectivity index (χ0) is 21.3. The number of aliphatic hydroxyl groups is 1. The molecule has 13 heteroatoms. The fourth-order valence-electron chi connectivity index (χ4n) is 3.60. The minimum atomic E-state index is -4.08. The molecule has 4 rings (SSSR count). The van der Waals surface area contributed by atoms with Gasteiger partial charge in [0.25, 0.3) is 0 Å². The Balaban J connectivity index is 1.51. The van der Waals surface area contributed by atoms with Crippen LogP contribution in [-0.4, -0.2) is 51.2 Å². The van der Waals surface area contributed by atoms with Crippen molar-refractivity contribution in [3.63, 3.8) is 0 Å². The van der Waals surface area contributed by atoms with Gasteiger partial charge < -0.3 is 10.4 Å². The standard InChI is InChI=1S/C17H20FN7O4S/c18-13-4-2-1-3-10(13)7-20-16-15-17(22-9-21-16)25(24-23-15)12-5-11(14(26)6-12)8-29-30(19,27)28/h1-4,9,11-12,14,26H,5-8H2,(H2,19,27,28)(H,20,21,22)/t11-,12+,14-/m0/s1. The quantitative estimate of drug-likeness (QED) is 0.478. The van der Waals surface area contributed by atoms with E-state index in [1.165, 1.54) is 12.4 Å². The molecule has 11 nitrogen and oxygen atoms in total. The van der Waals surface area contributed by atoms with Crippen LogP contribution in [0.1, 0.15) is 24.4 Å². The highest BCUT2D eigenvalue weighted by molar-refractivity contribution is 7.84. The van der Waals surface area contributed by atoms with Gasteiger partial charge in [-0.2, -0.15) is 8.42 Å². The summed E-state index contributed by atoms with van der Waals surface area (Å²) in [6, 6.07) is 6.15. The first-order valence-electron chi connectivity index (χ1n) is 9.20. The maximum atomic E-state index is 13.8. The Labute approximate surface area is 171 Å². The number of nitrogens with zero attached hydrogens (tertiary/aromatic N) is 5. The predicted molar refractivity (Wildman–Crippen MR) is 104 cm³/mol. The summed E-state index contributed by atoms with van der Waals surface area (Å²) in [4.78, 5) is 8.41. The van der Waals surface area contributed by atoms with E-state index in [4.69, 9.17) is 5.14 Å². The lowest BCUT2D eigenvalue weighted by atomic mass is 10.1. The van der Waals surface area contributed by atoms with Crippen LogP contribution < -0.4 is 10.5 Å². The van der Waals surface area contributed by atoms with Crippen molar-refractivity contribution >= 4 is 27.3 Å². The van der Waals surface area contributed by atoms with E-state index < -0.39 is 22.3 Å². The third-order valence-electron chi connectivity index (χ3n) is 5.09. The first-order valence-corrected chi connectivity index (χ1v) is 10.7. The van der Waals surface area contributed by atoms with Crippen LogP contribution in [0.4, 0.5) is 10.2 Å². The van der Waals surface area contributed by atoms with Crippen molar-refractivity contribution in [2.75, 3.05) is 11.9 Å². The highest BCUT2D eigenvalue weighted by Gasteiger charge is 2.36. The van der Waals surface area contributed by atoms with Gasteiger partial charge in [-0.05, 0) is 18.9 Å². The van der Waals surface area contributed by atoms with Crippen LogP contribution in [-0.2, 0) is 21.0 Å². The number of nitrogens with one attached hydrogen (secondary N) is 1. The molecule has 1 aliphatic carbocycles. The minimum Gasteiger partial charge on any atom is -0.393 e. The number of aliphatic hydroxyl groups excluding tert-OH is 1. The lowest BCUT2D eigenvalue weighted by Gasteiger charge is -2.12. The van der Waals surface area contributed by atoms with Crippen molar-refractivity contribution in [3.05, 3.63) is 42.0 Å². The average Bonchev–Trinajstić information content (AvgIpc) is 3.29. The number of halogens is 1. The summed E-state index contributed by atoms with van der Waals surface area (Å²) < 4.78 is 42.0. The smallest absolute Gasteiger partial charge is 0.333 e. The fourth-order valence-corrected chi connectivity index (χ4v) is 3.96. The van der Waals surface area contributed by atoms with Crippen molar-refractivity contribution in [3.8, 4) is 0 Å². The summed E-state index contributed by atoms with van der Waals surface area (Å²) in [5.74, 6) is -0.345. The summed E-state index contributed by atoms with van der Waals surface area (Å²) in [6.45, 7) is -0.00563. The van der Waals surface area contributed by atoms with Crippen LogP contribution >= 0.6 is 0 Å². The lowest BCUT2D eigenvalue weighted by molar-refractivity contribution is 0.100. The Morgan fingerprint density at radius 2 is 2.10 bits per heavy atom. The Morgan fingerprint density at radius 1 is 1.30 bits per heavy atom. The first kappa shape index (κ1) is 20.5. The number of rotatable bonds is 7. The molecule has 4 N–H and O–H groups in total. The van der Waals surface area contributed by atoms with Gasteiger partial charge in [0.1, 0.15) is 12.1 Å². The molecule has 30 heavy (non-hydrogen) atoms. The molecule has 2 aromatic heterocycles. The van der Waals surface area contributed by atoms with Gasteiger partial charge >= 0.3 is 10.3 Å². The molecule has 1 aliphatic rings. The van der Waals surface area contributed by atoms with Crippen LogP contribution in [0, 0.1) is 11.7 Å². The molecule has 1 fully saturated rings. The first-order chi connectivity index (χ1) is 14.3. The molecule has 0 spiro atoms. The Hall–Kier alpha value is -2.74. The predicted octanol–water partition coefficient (Wildman–Crippen LogP) is 0.505. The van der Waals surface area contributed by atoms with Crippen LogP contribution in [0.5, 0.6) is 0 Å². The molecule has 2 heterocycles. The van der Waals surface area contributed by atoms with E-state index >= 15 is 0 Å². The van der Waals surface area contributed by atoms with Gasteiger partial charge in [0, 0.05) is 18.0 Å². The van der Waals surface area contributed by atoms with E-state index in [9.17, 15) is 17.9 Å². The number of hydrogen-bond acceptors (Lipinski definition) is 9. The third-order valence-corrected chi connectivity index (χ3v) is 5.55. The third kappa shape index (κ3) is 4.38. The van der Waals surface area contributed by atoms with Gasteiger partial charge in [-0.15, -0.1) is 5.10 Å². The second kappa shape index (κ2) is 8.18. The fraction of sp³-hybridized carbons (Fsp3) is 0.412. The highest BCUT2D eigenvalue weighted by Crippen LogP contribution is 2.36. The van der Waals surface area contributed by atoms with Crippen molar-refractivity contribution in [2.45, 2.75) is 31.5 Å². The minimum absolute atomic E-state index is 0.209. The summed E-state index contributed by atoms with van der Waals surface area (Å²) in [5.41, 5.74) is 1.34. The number of nitrogens with two attached hydrogens (primary N) is 1. The van der Waals surface area contributed by atoms with Crippen LogP contribution in [0.15, 0.2) is 30.6 Å². The van der Waals surface area contributed by atoms with Crippen LogP contribution in [0.25, 0.3) is 11.2 Å². The molecule has 160 valence electrons. The highest BCUT2D eigenvalue weighted by atomic mass is 32.2. The van der Waals surface area contributed by atoms with Crippen LogP contribution in [0.3, 0.4) is 0 Å². The molecule has 0 saturated heterocycles. The molecule has 0 amide bonds. The van der Waals surface area contributed by atoms with Gasteiger partial charge in [0.2, 0.25) is 0 Å². The van der Waals surface area contributed by atoms with E-state index in [1.54, 1.807) is 22.9 Å². The number of fused-ring (bicyclic) bond motifs is 1. The average molecular weight is 437 g/mol. The second-order valence-electron chi connectivity index (χ2n) is 7.10. The molecule has 3 atom stereocenters. The maximum absolute atomic E-state index is 13.8. The van der Waals surface area contributed by atoms with E-state index in [-0.39, 0.29) is 25.0 Å². The van der Waals surface area contributed by atoms with Crippen molar-refractivity contribution in [1.82, 2.24) is 25.0 Å². The van der Waals surface area contributed by atoms with Gasteiger partial charge in [0.15, 0.2) is 17.0 Å². The number of hydrogen-bond donors (Lipinski definition) is 3. The van der Waals surface area contributed by atoms with Crippen LogP contribution in [0.2, 0.25) is 0 Å². The lowest BCUT2D eigenvalue weighted by Crippen LogP contribution is -2.24. The molecule has 1 aromatic carbocycles. The van der Waals surface area contributed by atoms with Gasteiger partial charge in [-0.1, -0.05) is 23.4 Å². The Morgan fingerprint density at radius 3 is 2.87 bits per heavy atom. The molecule has 0 unspecified atom stereocenters. The second-order valence-corrected chi connectivity index (χ2v) is 8.32. The molecular weight excluding hydrogens is 417 g/mol. The zero-order valence-electron chi connectivity index (χ0n) is 15.7. The number of aromatic nitrogens is 5. The Kier molecular flexibility index (Phi) is 5.60. The molecule has 0 radical (unpaired) electrons. The monoisotopic (exact) mass is 437 g/mol. The molecular formula is C17H20FN7O4S. The van der Waals surface area contributed by atoms with Gasteiger partial charge in [-0.3, -0.25) is 4.18 Å². The van der Waals surface area contributed by atoms with E-state index in [0.29, 0.717) is 35.4 Å². The van der Waals surface area contributed by atoms with Crippen molar-refractivity contribution in [2.24, 2.45) is 11.1 Å². The summed E-state index contributed by atoms with van der Waals surface area (Å²) in [6.07, 6.45) is 1.31. The topological polar surface area (TPSA) is 158 Å². The normalized spacial score (nSPS) is 21.9. The van der Waals surface area contributed by atoms with E-state index in [2.05, 4.69) is 29.8 Å². The molecule has 3 aromatic rings. The summed E-state index contributed by atoms with van der Waals surface area (Å²) in [7, 11) is -4.08. The Bertz CT molecular complexity index is 1160. The summed E-state index contributed by atoms with van der Waals surface area (Å²) in [5, 5.41) is 26.4. The van der Waals surface area contributed by atoms with E-state index in [1.807, 2.05) is 0 Å². The van der Waals surface area contributed by atoms with Crippen molar-refractivity contribution in [1.29, 1.82) is 0 Å². The van der Waals surface area contributed by atoms with Gasteiger partial charge in [0.05, 0.1) is 18.8 Å². The largest absolute Gasteiger partial charge is 0.393 e. The van der Waals surface area contributed by atoms with E-state index in [0.717, 1.165) is 0 Å². The molecule has 0 aliphatic heterocycles. The summed E-state index contributed by atoms with van der Waals surface area (Å²) >= 11 is 0. The van der Waals surface area contributed by atoms with Crippen molar-refractivity contribution < 1.29 is 22.1 Å². The SMILES string of the molecule is NS(=O)(=O)OC[C@@H]1C[C@@H](n2nnc3c(NCc4ccccc4F)ncnc32)C[C@@H]1O. The molecule has 1 saturated carbocycles. The van der Waals surface area contributed by atoms with Gasteiger partial charge in [-0.25, -0.2) is 24.2 Å². The molecule has 0 bridgehead atoms. The maximum Gasteiger partial charge on any atom is 0.333 e. The number of anilines is 1. The number of benzene rings is 1. The zero-order valence-corrected chi connectivity index (χ0v) is 16.5.